The van der Waals surface area contributed by atoms with E-state index >= 15 is 0 Å². The van der Waals surface area contributed by atoms with Crippen molar-refractivity contribution in [2.75, 3.05) is 39.4 Å². The maximum absolute atomic E-state index is 13.0. The van der Waals surface area contributed by atoms with Gasteiger partial charge in [0.25, 0.3) is 0 Å². The minimum Gasteiger partial charge on any atom is -0.493 e. The van der Waals surface area contributed by atoms with Crippen LogP contribution >= 0.6 is 11.3 Å². The summed E-state index contributed by atoms with van der Waals surface area (Å²) in [5.74, 6) is 2.68. The van der Waals surface area contributed by atoms with Crippen molar-refractivity contribution < 1.29 is 23.7 Å². The number of amides is 1. The van der Waals surface area contributed by atoms with Crippen molar-refractivity contribution >= 4 is 22.9 Å². The fourth-order valence-electron chi connectivity index (χ4n) is 4.31. The number of rotatable bonds is 6. The second-order valence-corrected chi connectivity index (χ2v) is 8.64. The Hall–Kier alpha value is -3.23. The smallest absolute Gasteiger partial charge is 0.238 e. The first-order valence-electron chi connectivity index (χ1n) is 10.4. The van der Waals surface area contributed by atoms with Gasteiger partial charge in [-0.1, -0.05) is 6.07 Å². The summed E-state index contributed by atoms with van der Waals surface area (Å²) in [6, 6.07) is 13.7. The lowest BCUT2D eigenvalue weighted by molar-refractivity contribution is -0.117. The van der Waals surface area contributed by atoms with Gasteiger partial charge >= 0.3 is 0 Å². The average Bonchev–Trinajstić information content (AvgIpc) is 3.49. The predicted octanol–water partition coefficient (Wildman–Crippen LogP) is 4.08. The second-order valence-electron chi connectivity index (χ2n) is 7.66. The van der Waals surface area contributed by atoms with E-state index in [0.717, 1.165) is 24.3 Å². The number of nitrogens with zero attached hydrogens (tertiary/aromatic N) is 1. The number of anilines is 1. The number of carbonyl (C=O) groups excluding carboxylic acids is 1. The molecule has 5 rings (SSSR count). The molecule has 1 amide bonds. The largest absolute Gasteiger partial charge is 0.493 e. The van der Waals surface area contributed by atoms with Crippen LogP contribution < -0.4 is 24.3 Å². The molecular weight excluding hydrogens is 428 g/mol. The Balaban J connectivity index is 1.40. The molecule has 8 heteroatoms. The SMILES string of the molecule is COc1cc2c(cc1OC)[C@H](c1cccs1)N(CC(=O)Nc1ccc3c(c1)OCO3)CC2. The Labute approximate surface area is 190 Å². The Morgan fingerprint density at radius 1 is 1.12 bits per heavy atom. The van der Waals surface area contributed by atoms with Crippen molar-refractivity contribution in [2.24, 2.45) is 0 Å². The number of fused-ring (bicyclic) bond motifs is 2. The number of ether oxygens (including phenoxy) is 4. The van der Waals surface area contributed by atoms with Crippen molar-refractivity contribution in [2.45, 2.75) is 12.5 Å². The van der Waals surface area contributed by atoms with Gasteiger partial charge < -0.3 is 24.3 Å². The number of carbonyl (C=O) groups is 1. The van der Waals surface area contributed by atoms with Crippen molar-refractivity contribution in [1.82, 2.24) is 4.90 Å². The monoisotopic (exact) mass is 452 g/mol. The van der Waals surface area contributed by atoms with Gasteiger partial charge in [-0.3, -0.25) is 9.69 Å². The zero-order chi connectivity index (χ0) is 22.1. The number of benzene rings is 2. The van der Waals surface area contributed by atoms with E-state index in [4.69, 9.17) is 18.9 Å². The van der Waals surface area contributed by atoms with Crippen LogP contribution in [0, 0.1) is 0 Å². The summed E-state index contributed by atoms with van der Waals surface area (Å²) < 4.78 is 21.8. The van der Waals surface area contributed by atoms with Crippen molar-refractivity contribution in [3.05, 3.63) is 63.8 Å². The highest BCUT2D eigenvalue weighted by atomic mass is 32.1. The van der Waals surface area contributed by atoms with Gasteiger partial charge in [0.05, 0.1) is 26.8 Å². The van der Waals surface area contributed by atoms with Crippen LogP contribution in [-0.4, -0.2) is 44.9 Å². The van der Waals surface area contributed by atoms with E-state index in [0.29, 0.717) is 22.9 Å². The number of methoxy groups -OCH3 is 2. The molecule has 0 fully saturated rings. The van der Waals surface area contributed by atoms with Gasteiger partial charge in [-0.25, -0.2) is 0 Å². The molecule has 0 bridgehead atoms. The number of nitrogens with one attached hydrogen (secondary N) is 1. The highest BCUT2D eigenvalue weighted by Gasteiger charge is 2.32. The Bertz CT molecular complexity index is 1130. The average molecular weight is 453 g/mol. The third-order valence-electron chi connectivity index (χ3n) is 5.79. The first kappa shape index (κ1) is 20.7. The molecule has 166 valence electrons. The van der Waals surface area contributed by atoms with Gasteiger partial charge in [0, 0.05) is 23.2 Å². The molecule has 0 unspecified atom stereocenters. The fraction of sp³-hybridized carbons (Fsp3) is 0.292. The number of hydrogen-bond donors (Lipinski definition) is 1. The van der Waals surface area contributed by atoms with E-state index in [9.17, 15) is 4.79 Å². The standard InChI is InChI=1S/C24H24N2O5S/c1-28-19-10-15-7-8-26(24(22-4-3-9-32-22)17(15)12-20(19)29-2)13-23(27)25-16-5-6-18-21(11-16)31-14-30-18/h3-6,9-12,24H,7-8,13-14H2,1-2H3,(H,25,27)/t24-/m1/s1. The fourth-order valence-corrected chi connectivity index (χ4v) is 5.18. The molecule has 2 aliphatic rings. The molecule has 3 aromatic rings. The van der Waals surface area contributed by atoms with Gasteiger partial charge in [0.2, 0.25) is 12.7 Å². The van der Waals surface area contributed by atoms with Gasteiger partial charge in [-0.05, 0) is 53.3 Å². The Kier molecular flexibility index (Phi) is 5.63. The van der Waals surface area contributed by atoms with E-state index in [1.165, 1.54) is 10.4 Å². The third kappa shape index (κ3) is 3.87. The van der Waals surface area contributed by atoms with Crippen LogP contribution in [0.2, 0.25) is 0 Å². The van der Waals surface area contributed by atoms with Crippen LogP contribution in [0.15, 0.2) is 47.8 Å². The van der Waals surface area contributed by atoms with E-state index in [2.05, 4.69) is 27.7 Å². The molecule has 0 radical (unpaired) electrons. The molecule has 0 saturated heterocycles. The molecule has 0 aliphatic carbocycles. The predicted molar refractivity (Wildman–Crippen MR) is 122 cm³/mol. The van der Waals surface area contributed by atoms with Crippen molar-refractivity contribution in [1.29, 1.82) is 0 Å². The second kappa shape index (κ2) is 8.72. The van der Waals surface area contributed by atoms with Gasteiger partial charge in [-0.15, -0.1) is 11.3 Å². The first-order chi connectivity index (χ1) is 15.7. The highest BCUT2D eigenvalue weighted by Crippen LogP contribution is 2.42. The molecular formula is C24H24N2O5S. The molecule has 2 aromatic carbocycles. The van der Waals surface area contributed by atoms with E-state index < -0.39 is 0 Å². The van der Waals surface area contributed by atoms with E-state index in [1.807, 2.05) is 24.3 Å². The van der Waals surface area contributed by atoms with Crippen molar-refractivity contribution in [3.63, 3.8) is 0 Å². The minimum absolute atomic E-state index is 0.0268. The molecule has 1 atom stereocenters. The third-order valence-corrected chi connectivity index (χ3v) is 6.71. The van der Waals surface area contributed by atoms with E-state index in [1.54, 1.807) is 31.6 Å². The summed E-state index contributed by atoms with van der Waals surface area (Å²) in [4.78, 5) is 16.4. The summed E-state index contributed by atoms with van der Waals surface area (Å²) >= 11 is 1.69. The summed E-state index contributed by atoms with van der Waals surface area (Å²) in [5, 5.41) is 5.06. The molecule has 32 heavy (non-hydrogen) atoms. The topological polar surface area (TPSA) is 69.3 Å². The van der Waals surface area contributed by atoms with Gasteiger partial charge in [0.1, 0.15) is 0 Å². The normalized spacial score (nSPS) is 17.0. The zero-order valence-electron chi connectivity index (χ0n) is 17.9. The van der Waals surface area contributed by atoms with Crippen LogP contribution in [0.3, 0.4) is 0 Å². The lowest BCUT2D eigenvalue weighted by Crippen LogP contribution is -2.40. The zero-order valence-corrected chi connectivity index (χ0v) is 18.7. The molecule has 0 spiro atoms. The van der Waals surface area contributed by atoms with Crippen LogP contribution in [-0.2, 0) is 11.2 Å². The molecule has 3 heterocycles. The maximum atomic E-state index is 13.0. The number of hydrogen-bond acceptors (Lipinski definition) is 7. The molecule has 1 N–H and O–H groups in total. The van der Waals surface area contributed by atoms with Gasteiger partial charge in [0.15, 0.2) is 23.0 Å². The molecule has 7 nitrogen and oxygen atoms in total. The number of thiophene rings is 1. The van der Waals surface area contributed by atoms with Crippen LogP contribution in [0.25, 0.3) is 0 Å². The summed E-state index contributed by atoms with van der Waals surface area (Å²) in [7, 11) is 3.29. The lowest BCUT2D eigenvalue weighted by atomic mass is 9.91. The van der Waals surface area contributed by atoms with Crippen molar-refractivity contribution in [3.8, 4) is 23.0 Å². The van der Waals surface area contributed by atoms with E-state index in [-0.39, 0.29) is 25.3 Å². The van der Waals surface area contributed by atoms with Crippen LogP contribution in [0.4, 0.5) is 5.69 Å². The summed E-state index contributed by atoms with van der Waals surface area (Å²) in [5.41, 5.74) is 3.05. The summed E-state index contributed by atoms with van der Waals surface area (Å²) in [6.07, 6.45) is 0.828. The Morgan fingerprint density at radius 3 is 2.72 bits per heavy atom. The molecule has 1 aromatic heterocycles. The van der Waals surface area contributed by atoms with Crippen LogP contribution in [0.1, 0.15) is 22.0 Å². The summed E-state index contributed by atoms with van der Waals surface area (Å²) in [6.45, 7) is 1.24. The molecule has 0 saturated carbocycles. The Morgan fingerprint density at radius 2 is 1.94 bits per heavy atom. The minimum atomic E-state index is -0.0747. The molecule has 2 aliphatic heterocycles. The highest BCUT2D eigenvalue weighted by molar-refractivity contribution is 7.10. The first-order valence-corrected chi connectivity index (χ1v) is 11.3. The van der Waals surface area contributed by atoms with Gasteiger partial charge in [-0.2, -0.15) is 0 Å². The maximum Gasteiger partial charge on any atom is 0.238 e. The quantitative estimate of drug-likeness (QED) is 0.608. The van der Waals surface area contributed by atoms with Crippen LogP contribution in [0.5, 0.6) is 23.0 Å². The lowest BCUT2D eigenvalue weighted by Gasteiger charge is -2.37.